The maximum atomic E-state index is 14.4. The van der Waals surface area contributed by atoms with Gasteiger partial charge in [-0.05, 0) is 103 Å². The number of carbonyl (C=O) groups excluding carboxylic acids is 3. The number of aryl methyl sites for hydroxylation is 3. The number of alkyl carbamates (subject to hydrolysis) is 1. The van der Waals surface area contributed by atoms with Crippen molar-refractivity contribution in [3.05, 3.63) is 64.7 Å². The summed E-state index contributed by atoms with van der Waals surface area (Å²) in [5, 5.41) is 5.85. The second kappa shape index (κ2) is 13.4. The number of carbonyl (C=O) groups is 3. The molecule has 0 spiro atoms. The average molecular weight is 556 g/mol. The van der Waals surface area contributed by atoms with E-state index in [9.17, 15) is 14.4 Å². The zero-order valence-corrected chi connectivity index (χ0v) is 25.9. The van der Waals surface area contributed by atoms with Gasteiger partial charge < -0.3 is 20.3 Å². The Balaban J connectivity index is 2.63. The molecule has 0 fully saturated rings. The van der Waals surface area contributed by atoms with E-state index in [-0.39, 0.29) is 11.8 Å². The van der Waals surface area contributed by atoms with Crippen molar-refractivity contribution in [1.82, 2.24) is 10.2 Å². The van der Waals surface area contributed by atoms with Crippen molar-refractivity contribution in [3.8, 4) is 0 Å². The Bertz CT molecular complexity index is 1170. The van der Waals surface area contributed by atoms with Crippen LogP contribution in [-0.2, 0) is 14.3 Å². The number of hydrogen-bond acceptors (Lipinski definition) is 5. The summed E-state index contributed by atoms with van der Waals surface area (Å²) in [6.45, 7) is 16.9. The zero-order chi connectivity index (χ0) is 29.5. The quantitative estimate of drug-likeness (QED) is 0.366. The molecule has 0 bridgehead atoms. The van der Waals surface area contributed by atoms with E-state index in [4.69, 9.17) is 4.74 Å². The molecule has 2 atom stereocenters. The number of anilines is 1. The first-order valence-corrected chi connectivity index (χ1v) is 14.7. The summed E-state index contributed by atoms with van der Waals surface area (Å²) < 4.78 is 5.47. The van der Waals surface area contributed by atoms with Crippen LogP contribution in [0.3, 0.4) is 0 Å². The minimum atomic E-state index is -0.935. The van der Waals surface area contributed by atoms with E-state index in [1.165, 1.54) is 0 Å². The number of thioether (sulfide) groups is 1. The van der Waals surface area contributed by atoms with E-state index < -0.39 is 29.3 Å². The van der Waals surface area contributed by atoms with Gasteiger partial charge in [-0.2, -0.15) is 11.8 Å². The number of rotatable bonds is 9. The Morgan fingerprint density at radius 3 is 2.13 bits per heavy atom. The first-order chi connectivity index (χ1) is 18.0. The minimum absolute atomic E-state index is 0.319. The third-order valence-corrected chi connectivity index (χ3v) is 6.83. The lowest BCUT2D eigenvalue weighted by Crippen LogP contribution is -2.58. The predicted molar refractivity (Wildman–Crippen MR) is 161 cm³/mol. The van der Waals surface area contributed by atoms with Gasteiger partial charge in [0.05, 0.1) is 0 Å². The fourth-order valence-electron chi connectivity index (χ4n) is 4.40. The number of ether oxygens (including phenoxy) is 1. The van der Waals surface area contributed by atoms with Crippen LogP contribution in [0.15, 0.2) is 42.5 Å². The maximum absolute atomic E-state index is 14.4. The average Bonchev–Trinajstić information content (AvgIpc) is 2.79. The number of amides is 3. The van der Waals surface area contributed by atoms with Crippen LogP contribution in [-0.4, -0.2) is 52.0 Å². The van der Waals surface area contributed by atoms with Gasteiger partial charge in [-0.1, -0.05) is 42.0 Å². The summed E-state index contributed by atoms with van der Waals surface area (Å²) in [5.41, 5.74) is 2.84. The Morgan fingerprint density at radius 1 is 0.949 bits per heavy atom. The molecule has 0 aliphatic carbocycles. The van der Waals surface area contributed by atoms with Gasteiger partial charge in [0.1, 0.15) is 17.7 Å². The fourth-order valence-corrected chi connectivity index (χ4v) is 4.87. The van der Waals surface area contributed by atoms with E-state index >= 15 is 0 Å². The highest BCUT2D eigenvalue weighted by Crippen LogP contribution is 2.33. The van der Waals surface area contributed by atoms with E-state index in [0.29, 0.717) is 17.9 Å². The molecule has 2 rings (SSSR count). The van der Waals surface area contributed by atoms with Gasteiger partial charge in [-0.15, -0.1) is 0 Å². The highest BCUT2D eigenvalue weighted by atomic mass is 32.2. The van der Waals surface area contributed by atoms with Crippen LogP contribution in [0, 0.1) is 20.8 Å². The molecule has 0 radical (unpaired) electrons. The van der Waals surface area contributed by atoms with Crippen LogP contribution < -0.4 is 10.6 Å². The molecule has 214 valence electrons. The van der Waals surface area contributed by atoms with Crippen molar-refractivity contribution in [3.63, 3.8) is 0 Å². The van der Waals surface area contributed by atoms with Gasteiger partial charge in [-0.3, -0.25) is 9.59 Å². The summed E-state index contributed by atoms with van der Waals surface area (Å²) in [6, 6.07) is 11.6. The summed E-state index contributed by atoms with van der Waals surface area (Å²) in [6.07, 6.45) is 1.68. The number of benzene rings is 2. The van der Waals surface area contributed by atoms with E-state index in [1.54, 1.807) is 37.4 Å². The second-order valence-electron chi connectivity index (χ2n) is 11.9. The first-order valence-electron chi connectivity index (χ1n) is 13.3. The largest absolute Gasteiger partial charge is 0.444 e. The van der Waals surface area contributed by atoms with Crippen LogP contribution in [0.5, 0.6) is 0 Å². The molecule has 0 aromatic heterocycles. The van der Waals surface area contributed by atoms with Crippen molar-refractivity contribution in [1.29, 1.82) is 0 Å². The van der Waals surface area contributed by atoms with Gasteiger partial charge >= 0.3 is 6.09 Å². The lowest BCUT2D eigenvalue weighted by Gasteiger charge is -2.43. The first kappa shape index (κ1) is 32.2. The molecule has 2 aromatic carbocycles. The fraction of sp³-hybridized carbons (Fsp3) is 0.516. The summed E-state index contributed by atoms with van der Waals surface area (Å²) in [7, 11) is 0. The SMILES string of the molecule is CSCCC(NC(=O)OC(C)(C)C)C(=O)N(C(C(=O)Nc1ccccc1C)c1ccc(C)cc1C)C(C)(C)C. The molecule has 7 nitrogen and oxygen atoms in total. The van der Waals surface area contributed by atoms with Crippen LogP contribution in [0.1, 0.15) is 76.3 Å². The topological polar surface area (TPSA) is 87.7 Å². The molecule has 2 aromatic rings. The maximum Gasteiger partial charge on any atom is 0.408 e. The van der Waals surface area contributed by atoms with E-state index in [0.717, 1.165) is 22.3 Å². The summed E-state index contributed by atoms with van der Waals surface area (Å²) >= 11 is 1.58. The molecule has 0 saturated carbocycles. The molecule has 2 N–H and O–H groups in total. The molecule has 0 aliphatic rings. The summed E-state index contributed by atoms with van der Waals surface area (Å²) in [5.74, 6) is -0.0129. The third kappa shape index (κ3) is 9.31. The van der Waals surface area contributed by atoms with Crippen molar-refractivity contribution >= 4 is 35.4 Å². The van der Waals surface area contributed by atoms with Crippen LogP contribution >= 0.6 is 11.8 Å². The molecule has 2 unspecified atom stereocenters. The smallest absolute Gasteiger partial charge is 0.408 e. The Labute approximate surface area is 238 Å². The van der Waals surface area contributed by atoms with Crippen LogP contribution in [0.25, 0.3) is 0 Å². The van der Waals surface area contributed by atoms with Crippen LogP contribution in [0.4, 0.5) is 10.5 Å². The van der Waals surface area contributed by atoms with Gasteiger partial charge in [0.15, 0.2) is 0 Å². The molecular weight excluding hydrogens is 510 g/mol. The molecule has 0 saturated heterocycles. The number of nitrogens with one attached hydrogen (secondary N) is 2. The van der Waals surface area contributed by atoms with E-state index in [1.807, 2.05) is 90.3 Å². The highest BCUT2D eigenvalue weighted by Gasteiger charge is 2.42. The van der Waals surface area contributed by atoms with Crippen molar-refractivity contribution in [2.24, 2.45) is 0 Å². The van der Waals surface area contributed by atoms with Crippen molar-refractivity contribution in [2.45, 2.75) is 92.0 Å². The zero-order valence-electron chi connectivity index (χ0n) is 25.1. The lowest BCUT2D eigenvalue weighted by molar-refractivity contribution is -0.146. The Hall–Kier alpha value is -3.00. The highest BCUT2D eigenvalue weighted by molar-refractivity contribution is 7.98. The Morgan fingerprint density at radius 2 is 1.59 bits per heavy atom. The van der Waals surface area contributed by atoms with E-state index in [2.05, 4.69) is 10.6 Å². The summed E-state index contributed by atoms with van der Waals surface area (Å²) in [4.78, 5) is 42.9. The molecule has 8 heteroatoms. The standard InChI is InChI=1S/C31H45N3O4S/c1-20-15-16-23(22(3)19-20)26(27(35)32-24-14-12-11-13-21(24)2)34(30(4,5)6)28(36)25(17-18-39-10)33-29(37)38-31(7,8)9/h11-16,19,25-26H,17-18H2,1-10H3,(H,32,35)(H,33,37). The van der Waals surface area contributed by atoms with Gasteiger partial charge in [0.2, 0.25) is 5.91 Å². The van der Waals surface area contributed by atoms with Crippen molar-refractivity contribution in [2.75, 3.05) is 17.3 Å². The van der Waals surface area contributed by atoms with Crippen LogP contribution in [0.2, 0.25) is 0 Å². The molecular formula is C31H45N3O4S. The molecule has 0 heterocycles. The minimum Gasteiger partial charge on any atom is -0.444 e. The normalized spacial score (nSPS) is 13.3. The monoisotopic (exact) mass is 555 g/mol. The number of nitrogens with zero attached hydrogens (tertiary/aromatic N) is 1. The third-order valence-electron chi connectivity index (χ3n) is 6.19. The molecule has 39 heavy (non-hydrogen) atoms. The second-order valence-corrected chi connectivity index (χ2v) is 12.9. The Kier molecular flexibility index (Phi) is 11.0. The number of hydrogen-bond donors (Lipinski definition) is 2. The lowest BCUT2D eigenvalue weighted by atomic mass is 9.92. The molecule has 3 amide bonds. The van der Waals surface area contributed by atoms with Gasteiger partial charge in [0, 0.05) is 11.2 Å². The number of para-hydroxylation sites is 1. The molecule has 0 aliphatic heterocycles. The van der Waals surface area contributed by atoms with Gasteiger partial charge in [0.25, 0.3) is 5.91 Å². The van der Waals surface area contributed by atoms with Crippen molar-refractivity contribution < 1.29 is 19.1 Å². The van der Waals surface area contributed by atoms with Gasteiger partial charge in [-0.25, -0.2) is 4.79 Å². The predicted octanol–water partition coefficient (Wildman–Crippen LogP) is 6.57.